The van der Waals surface area contributed by atoms with Crippen LogP contribution in [-0.4, -0.2) is 15.3 Å². The van der Waals surface area contributed by atoms with Crippen molar-refractivity contribution in [3.05, 3.63) is 90.8 Å². The number of nitrogens with one attached hydrogen (secondary N) is 1. The SMILES string of the molecule is O=C(CCc1ccccc1)Nc1cccc(-c2cn3ccccc3n2)c1. The van der Waals surface area contributed by atoms with Crippen LogP contribution in [0, 0.1) is 0 Å². The fraction of sp³-hybridized carbons (Fsp3) is 0.0909. The minimum absolute atomic E-state index is 0.0148. The predicted octanol–water partition coefficient (Wildman–Crippen LogP) is 4.57. The van der Waals surface area contributed by atoms with Gasteiger partial charge >= 0.3 is 0 Å². The molecule has 0 saturated heterocycles. The molecular formula is C22H19N3O. The average molecular weight is 341 g/mol. The van der Waals surface area contributed by atoms with E-state index in [1.165, 1.54) is 5.56 Å². The molecule has 0 unspecified atom stereocenters. The molecule has 4 rings (SSSR count). The van der Waals surface area contributed by atoms with Crippen LogP contribution in [0.5, 0.6) is 0 Å². The zero-order valence-corrected chi connectivity index (χ0v) is 14.3. The molecule has 0 aliphatic rings. The lowest BCUT2D eigenvalue weighted by Crippen LogP contribution is -2.12. The Kier molecular flexibility index (Phi) is 4.48. The molecule has 0 spiro atoms. The maximum absolute atomic E-state index is 12.2. The van der Waals surface area contributed by atoms with Crippen LogP contribution in [0.3, 0.4) is 0 Å². The van der Waals surface area contributed by atoms with Crippen LogP contribution in [-0.2, 0) is 11.2 Å². The number of aryl methyl sites for hydroxylation is 1. The van der Waals surface area contributed by atoms with E-state index in [1.54, 1.807) is 0 Å². The van der Waals surface area contributed by atoms with Crippen LogP contribution < -0.4 is 5.32 Å². The van der Waals surface area contributed by atoms with E-state index in [2.05, 4.69) is 10.3 Å². The Morgan fingerprint density at radius 1 is 0.962 bits per heavy atom. The topological polar surface area (TPSA) is 46.4 Å². The summed E-state index contributed by atoms with van der Waals surface area (Å²) in [6, 6.07) is 23.8. The van der Waals surface area contributed by atoms with E-state index in [4.69, 9.17) is 0 Å². The van der Waals surface area contributed by atoms with Crippen LogP contribution in [0.25, 0.3) is 16.9 Å². The third kappa shape index (κ3) is 3.64. The minimum atomic E-state index is 0.0148. The molecule has 0 aliphatic heterocycles. The van der Waals surface area contributed by atoms with E-state index in [0.717, 1.165) is 29.0 Å². The molecule has 26 heavy (non-hydrogen) atoms. The normalized spacial score (nSPS) is 10.8. The van der Waals surface area contributed by atoms with E-state index in [0.29, 0.717) is 6.42 Å². The molecule has 1 N–H and O–H groups in total. The Morgan fingerprint density at radius 2 is 1.81 bits per heavy atom. The lowest BCUT2D eigenvalue weighted by molar-refractivity contribution is -0.116. The van der Waals surface area contributed by atoms with Crippen LogP contribution in [0.2, 0.25) is 0 Å². The van der Waals surface area contributed by atoms with Crippen molar-refractivity contribution in [1.29, 1.82) is 0 Å². The summed E-state index contributed by atoms with van der Waals surface area (Å²) in [4.78, 5) is 16.9. The summed E-state index contributed by atoms with van der Waals surface area (Å²) >= 11 is 0. The van der Waals surface area contributed by atoms with E-state index in [-0.39, 0.29) is 5.91 Å². The van der Waals surface area contributed by atoms with Gasteiger partial charge in [0.2, 0.25) is 5.91 Å². The van der Waals surface area contributed by atoms with Gasteiger partial charge in [-0.25, -0.2) is 4.98 Å². The molecule has 4 aromatic rings. The Bertz CT molecular complexity index is 1000. The van der Waals surface area contributed by atoms with Gasteiger partial charge in [0, 0.05) is 30.1 Å². The third-order valence-corrected chi connectivity index (χ3v) is 4.29. The van der Waals surface area contributed by atoms with Crippen LogP contribution >= 0.6 is 0 Å². The van der Waals surface area contributed by atoms with Crippen LogP contribution in [0.4, 0.5) is 5.69 Å². The number of nitrogens with zero attached hydrogens (tertiary/aromatic N) is 2. The highest BCUT2D eigenvalue weighted by Crippen LogP contribution is 2.22. The first-order valence-electron chi connectivity index (χ1n) is 8.66. The van der Waals surface area contributed by atoms with Gasteiger partial charge in [-0.2, -0.15) is 0 Å². The molecule has 2 heterocycles. The van der Waals surface area contributed by atoms with Crippen molar-refractivity contribution in [2.45, 2.75) is 12.8 Å². The Balaban J connectivity index is 1.46. The smallest absolute Gasteiger partial charge is 0.224 e. The maximum atomic E-state index is 12.2. The highest BCUT2D eigenvalue weighted by molar-refractivity contribution is 5.91. The molecule has 0 radical (unpaired) electrons. The van der Waals surface area contributed by atoms with E-state index in [1.807, 2.05) is 89.6 Å². The summed E-state index contributed by atoms with van der Waals surface area (Å²) in [6.45, 7) is 0. The molecule has 0 bridgehead atoms. The van der Waals surface area contributed by atoms with Crippen molar-refractivity contribution in [3.63, 3.8) is 0 Å². The second-order valence-corrected chi connectivity index (χ2v) is 6.21. The number of imidazole rings is 1. The van der Waals surface area contributed by atoms with Crippen LogP contribution in [0.15, 0.2) is 85.2 Å². The van der Waals surface area contributed by atoms with Crippen molar-refractivity contribution in [2.24, 2.45) is 0 Å². The minimum Gasteiger partial charge on any atom is -0.326 e. The maximum Gasteiger partial charge on any atom is 0.224 e. The highest BCUT2D eigenvalue weighted by Gasteiger charge is 2.07. The van der Waals surface area contributed by atoms with Gasteiger partial charge in [-0.1, -0.05) is 48.5 Å². The number of rotatable bonds is 5. The first-order chi connectivity index (χ1) is 12.8. The van der Waals surface area contributed by atoms with Gasteiger partial charge in [0.15, 0.2) is 0 Å². The number of anilines is 1. The Labute approximate surface area is 152 Å². The van der Waals surface area contributed by atoms with Gasteiger partial charge in [0.1, 0.15) is 5.65 Å². The van der Waals surface area contributed by atoms with Crippen molar-refractivity contribution < 1.29 is 4.79 Å². The molecule has 0 fully saturated rings. The summed E-state index contributed by atoms with van der Waals surface area (Å²) in [5.41, 5.74) is 4.73. The van der Waals surface area contributed by atoms with Crippen molar-refractivity contribution in [1.82, 2.24) is 9.38 Å². The quantitative estimate of drug-likeness (QED) is 0.578. The van der Waals surface area contributed by atoms with Crippen molar-refractivity contribution in [3.8, 4) is 11.3 Å². The number of carbonyl (C=O) groups excluding carboxylic acids is 1. The number of benzene rings is 2. The van der Waals surface area contributed by atoms with Gasteiger partial charge in [0.05, 0.1) is 5.69 Å². The summed E-state index contributed by atoms with van der Waals surface area (Å²) in [5.74, 6) is 0.0148. The molecule has 2 aromatic heterocycles. The number of hydrogen-bond donors (Lipinski definition) is 1. The second-order valence-electron chi connectivity index (χ2n) is 6.21. The monoisotopic (exact) mass is 341 g/mol. The molecule has 4 nitrogen and oxygen atoms in total. The van der Waals surface area contributed by atoms with Crippen LogP contribution in [0.1, 0.15) is 12.0 Å². The van der Waals surface area contributed by atoms with Gasteiger partial charge in [0.25, 0.3) is 0 Å². The second kappa shape index (κ2) is 7.23. The van der Waals surface area contributed by atoms with Crippen molar-refractivity contribution >= 4 is 17.2 Å². The summed E-state index contributed by atoms with van der Waals surface area (Å²) in [6.07, 6.45) is 5.16. The molecule has 128 valence electrons. The number of fused-ring (bicyclic) bond motifs is 1. The lowest BCUT2D eigenvalue weighted by Gasteiger charge is -2.07. The first kappa shape index (κ1) is 16.1. The Morgan fingerprint density at radius 3 is 2.65 bits per heavy atom. The lowest BCUT2D eigenvalue weighted by atomic mass is 10.1. The summed E-state index contributed by atoms with van der Waals surface area (Å²) < 4.78 is 1.99. The molecule has 0 saturated carbocycles. The number of carbonyl (C=O) groups is 1. The average Bonchev–Trinajstić information content (AvgIpc) is 3.12. The number of pyridine rings is 1. The van der Waals surface area contributed by atoms with Gasteiger partial charge in [-0.05, 0) is 36.2 Å². The molecule has 4 heteroatoms. The zero-order valence-electron chi connectivity index (χ0n) is 14.3. The van der Waals surface area contributed by atoms with E-state index >= 15 is 0 Å². The number of amides is 1. The van der Waals surface area contributed by atoms with Crippen molar-refractivity contribution in [2.75, 3.05) is 5.32 Å². The number of hydrogen-bond acceptors (Lipinski definition) is 2. The molecular weight excluding hydrogens is 322 g/mol. The van der Waals surface area contributed by atoms with E-state index in [9.17, 15) is 4.79 Å². The predicted molar refractivity (Wildman–Crippen MR) is 104 cm³/mol. The highest BCUT2D eigenvalue weighted by atomic mass is 16.1. The standard InChI is InChI=1S/C22H19N3O/c26-22(13-12-17-7-2-1-3-8-17)23-19-10-6-9-18(15-19)20-16-25-14-5-4-11-21(25)24-20/h1-11,14-16H,12-13H2,(H,23,26). The van der Waals surface area contributed by atoms with Gasteiger partial charge in [-0.3, -0.25) is 4.79 Å². The molecule has 0 atom stereocenters. The molecule has 0 aliphatic carbocycles. The molecule has 2 aromatic carbocycles. The fourth-order valence-electron chi connectivity index (χ4n) is 2.96. The van der Waals surface area contributed by atoms with Gasteiger partial charge < -0.3 is 9.72 Å². The first-order valence-corrected chi connectivity index (χ1v) is 8.66. The molecule has 1 amide bonds. The summed E-state index contributed by atoms with van der Waals surface area (Å²) in [5, 5.41) is 2.98. The largest absolute Gasteiger partial charge is 0.326 e. The number of aromatic nitrogens is 2. The van der Waals surface area contributed by atoms with Gasteiger partial charge in [-0.15, -0.1) is 0 Å². The third-order valence-electron chi connectivity index (χ3n) is 4.29. The fourth-order valence-corrected chi connectivity index (χ4v) is 2.96. The summed E-state index contributed by atoms with van der Waals surface area (Å²) in [7, 11) is 0. The zero-order chi connectivity index (χ0) is 17.8. The Hall–Kier alpha value is -3.40. The van der Waals surface area contributed by atoms with E-state index < -0.39 is 0 Å².